The molecule has 0 bridgehead atoms. The van der Waals surface area contributed by atoms with E-state index in [-0.39, 0.29) is 12.0 Å². The zero-order valence-electron chi connectivity index (χ0n) is 12.7. The minimum absolute atomic E-state index is 0.0863. The first-order valence-corrected chi connectivity index (χ1v) is 11.5. The van der Waals surface area contributed by atoms with Gasteiger partial charge in [-0.1, -0.05) is 22.6 Å². The summed E-state index contributed by atoms with van der Waals surface area (Å²) in [4.78, 5) is 24.3. The van der Waals surface area contributed by atoms with Crippen LogP contribution in [0.5, 0.6) is 0 Å². The SMILES string of the molecule is COC(=O)C1(C(=O)OC)C[C@@H](CI)[C@H](O[Si](C)(C)C)C1. The Morgan fingerprint density at radius 1 is 1.15 bits per heavy atom. The number of methoxy groups -OCH3 is 2. The molecule has 2 atom stereocenters. The molecule has 1 saturated carbocycles. The zero-order chi connectivity index (χ0) is 15.6. The molecule has 116 valence electrons. The van der Waals surface area contributed by atoms with E-state index in [4.69, 9.17) is 13.9 Å². The smallest absolute Gasteiger partial charge is 0.323 e. The van der Waals surface area contributed by atoms with E-state index < -0.39 is 25.7 Å². The Hall–Kier alpha value is -0.153. The number of hydrogen-bond donors (Lipinski definition) is 0. The molecular weight excluding hydrogens is 391 g/mol. The molecule has 20 heavy (non-hydrogen) atoms. The van der Waals surface area contributed by atoms with Crippen molar-refractivity contribution in [1.82, 2.24) is 0 Å². The fourth-order valence-electron chi connectivity index (χ4n) is 2.73. The standard InChI is InChI=1S/C13H23IO5Si/c1-17-11(15)13(12(16)18-2)6-9(8-14)10(7-13)19-20(3,4)5/h9-10H,6-8H2,1-5H3/t9-,10+/m0/s1. The van der Waals surface area contributed by atoms with Crippen molar-refractivity contribution in [3.8, 4) is 0 Å². The summed E-state index contributed by atoms with van der Waals surface area (Å²) < 4.78 is 16.7. The second kappa shape index (κ2) is 6.74. The third-order valence-corrected chi connectivity index (χ3v) is 5.68. The van der Waals surface area contributed by atoms with Crippen LogP contribution in [0.3, 0.4) is 0 Å². The van der Waals surface area contributed by atoms with Crippen LogP contribution in [0.4, 0.5) is 0 Å². The van der Waals surface area contributed by atoms with Gasteiger partial charge in [0.05, 0.1) is 20.3 Å². The van der Waals surface area contributed by atoms with Crippen LogP contribution >= 0.6 is 22.6 Å². The fourth-order valence-corrected chi connectivity index (χ4v) is 4.79. The van der Waals surface area contributed by atoms with Crippen molar-refractivity contribution in [1.29, 1.82) is 0 Å². The van der Waals surface area contributed by atoms with Crippen LogP contribution in [0.25, 0.3) is 0 Å². The highest BCUT2D eigenvalue weighted by Gasteiger charge is 2.57. The van der Waals surface area contributed by atoms with E-state index in [1.807, 2.05) is 0 Å². The molecule has 0 unspecified atom stereocenters. The molecular formula is C13H23IO5Si. The van der Waals surface area contributed by atoms with Gasteiger partial charge in [0.1, 0.15) is 0 Å². The number of carbonyl (C=O) groups excluding carboxylic acids is 2. The van der Waals surface area contributed by atoms with Gasteiger partial charge < -0.3 is 13.9 Å². The van der Waals surface area contributed by atoms with E-state index in [2.05, 4.69) is 42.2 Å². The summed E-state index contributed by atoms with van der Waals surface area (Å²) >= 11 is 2.28. The third-order valence-electron chi connectivity index (χ3n) is 3.54. The molecule has 0 aromatic rings. The van der Waals surface area contributed by atoms with Crippen LogP contribution in [0.15, 0.2) is 0 Å². The van der Waals surface area contributed by atoms with Gasteiger partial charge in [-0.05, 0) is 38.4 Å². The summed E-state index contributed by atoms with van der Waals surface area (Å²) in [5.41, 5.74) is -1.20. The molecule has 0 aliphatic heterocycles. The summed E-state index contributed by atoms with van der Waals surface area (Å²) in [6.45, 7) is 6.31. The van der Waals surface area contributed by atoms with E-state index in [1.165, 1.54) is 14.2 Å². The summed E-state index contributed by atoms with van der Waals surface area (Å²) in [7, 11) is 0.868. The number of carbonyl (C=O) groups is 2. The molecule has 1 aliphatic rings. The lowest BCUT2D eigenvalue weighted by Crippen LogP contribution is -2.40. The fraction of sp³-hybridized carbons (Fsp3) is 0.846. The zero-order valence-corrected chi connectivity index (χ0v) is 15.9. The van der Waals surface area contributed by atoms with E-state index in [0.29, 0.717) is 12.8 Å². The van der Waals surface area contributed by atoms with Crippen molar-refractivity contribution in [2.75, 3.05) is 18.6 Å². The topological polar surface area (TPSA) is 61.8 Å². The Morgan fingerprint density at radius 3 is 2.00 bits per heavy atom. The molecule has 0 amide bonds. The molecule has 0 aromatic heterocycles. The Morgan fingerprint density at radius 2 is 1.65 bits per heavy atom. The Kier molecular flexibility index (Phi) is 6.03. The molecule has 0 N–H and O–H groups in total. The van der Waals surface area contributed by atoms with Crippen molar-refractivity contribution >= 4 is 42.8 Å². The first kappa shape index (κ1) is 17.9. The lowest BCUT2D eigenvalue weighted by molar-refractivity contribution is -0.169. The second-order valence-corrected chi connectivity index (χ2v) is 11.5. The third kappa shape index (κ3) is 3.73. The molecule has 0 radical (unpaired) electrons. The first-order chi connectivity index (χ1) is 9.20. The second-order valence-electron chi connectivity index (χ2n) is 6.16. The van der Waals surface area contributed by atoms with Crippen LogP contribution in [0.2, 0.25) is 19.6 Å². The van der Waals surface area contributed by atoms with Crippen molar-refractivity contribution in [3.63, 3.8) is 0 Å². The van der Waals surface area contributed by atoms with Crippen molar-refractivity contribution in [2.24, 2.45) is 11.3 Å². The van der Waals surface area contributed by atoms with Gasteiger partial charge in [0.15, 0.2) is 13.7 Å². The normalized spacial score (nSPS) is 25.3. The molecule has 1 fully saturated rings. The highest BCUT2D eigenvalue weighted by molar-refractivity contribution is 14.1. The maximum absolute atomic E-state index is 12.1. The van der Waals surface area contributed by atoms with Gasteiger partial charge in [0.2, 0.25) is 0 Å². The molecule has 0 spiro atoms. The van der Waals surface area contributed by atoms with Crippen molar-refractivity contribution < 1.29 is 23.5 Å². The maximum atomic E-state index is 12.1. The lowest BCUT2D eigenvalue weighted by Gasteiger charge is -2.27. The van der Waals surface area contributed by atoms with E-state index in [9.17, 15) is 9.59 Å². The largest absolute Gasteiger partial charge is 0.468 e. The van der Waals surface area contributed by atoms with Gasteiger partial charge in [-0.25, -0.2) is 0 Å². The minimum Gasteiger partial charge on any atom is -0.468 e. The quantitative estimate of drug-likeness (QED) is 0.227. The Balaban J connectivity index is 3.05. The number of esters is 2. The van der Waals surface area contributed by atoms with Crippen LogP contribution in [-0.4, -0.2) is 45.0 Å². The van der Waals surface area contributed by atoms with Crippen LogP contribution in [0, 0.1) is 11.3 Å². The number of hydrogen-bond acceptors (Lipinski definition) is 5. The van der Waals surface area contributed by atoms with Crippen LogP contribution in [0.1, 0.15) is 12.8 Å². The minimum atomic E-state index is -1.74. The van der Waals surface area contributed by atoms with Crippen LogP contribution in [-0.2, 0) is 23.5 Å². The highest BCUT2D eigenvalue weighted by atomic mass is 127. The maximum Gasteiger partial charge on any atom is 0.323 e. The monoisotopic (exact) mass is 414 g/mol. The highest BCUT2D eigenvalue weighted by Crippen LogP contribution is 2.46. The summed E-state index contributed by atoms with van der Waals surface area (Å²) in [6.07, 6.45) is 0.700. The van der Waals surface area contributed by atoms with Gasteiger partial charge in [-0.3, -0.25) is 9.59 Å². The molecule has 1 aliphatic carbocycles. The molecule has 0 aromatic carbocycles. The molecule has 1 rings (SSSR count). The molecule has 0 heterocycles. The average molecular weight is 414 g/mol. The number of rotatable bonds is 5. The van der Waals surface area contributed by atoms with Gasteiger partial charge in [-0.15, -0.1) is 0 Å². The predicted molar refractivity (Wildman–Crippen MR) is 86.3 cm³/mol. The summed E-state index contributed by atoms with van der Waals surface area (Å²) in [5.74, 6) is -0.859. The van der Waals surface area contributed by atoms with E-state index >= 15 is 0 Å². The van der Waals surface area contributed by atoms with Gasteiger partial charge >= 0.3 is 11.9 Å². The Bertz CT molecular complexity index is 363. The molecule has 5 nitrogen and oxygen atoms in total. The first-order valence-electron chi connectivity index (χ1n) is 6.61. The number of alkyl halides is 1. The van der Waals surface area contributed by atoms with Gasteiger partial charge in [0, 0.05) is 4.43 Å². The average Bonchev–Trinajstić information content (AvgIpc) is 2.74. The number of ether oxygens (including phenoxy) is 2. The molecule has 0 saturated heterocycles. The van der Waals surface area contributed by atoms with Crippen molar-refractivity contribution in [2.45, 2.75) is 38.6 Å². The Labute approximate surface area is 135 Å². The van der Waals surface area contributed by atoms with Crippen molar-refractivity contribution in [3.05, 3.63) is 0 Å². The van der Waals surface area contributed by atoms with Crippen LogP contribution < -0.4 is 0 Å². The summed E-state index contributed by atoms with van der Waals surface area (Å²) in [6, 6.07) is 0. The molecule has 7 heteroatoms. The lowest BCUT2D eigenvalue weighted by atomic mass is 9.85. The van der Waals surface area contributed by atoms with Gasteiger partial charge in [0.25, 0.3) is 0 Å². The summed E-state index contributed by atoms with van der Waals surface area (Å²) in [5, 5.41) is 0. The van der Waals surface area contributed by atoms with Gasteiger partial charge in [-0.2, -0.15) is 0 Å². The predicted octanol–water partition coefficient (Wildman–Crippen LogP) is 2.38. The van der Waals surface area contributed by atoms with E-state index in [0.717, 1.165) is 4.43 Å². The van der Waals surface area contributed by atoms with E-state index in [1.54, 1.807) is 0 Å². The number of halogens is 1.